The van der Waals surface area contributed by atoms with Crippen LogP contribution in [0.4, 0.5) is 11.5 Å². The van der Waals surface area contributed by atoms with E-state index in [0.717, 1.165) is 22.4 Å². The van der Waals surface area contributed by atoms with Gasteiger partial charge in [-0.3, -0.25) is 4.68 Å². The maximum Gasteiger partial charge on any atom is 0.158 e. The van der Waals surface area contributed by atoms with Crippen molar-refractivity contribution in [1.29, 1.82) is 0 Å². The van der Waals surface area contributed by atoms with Crippen molar-refractivity contribution >= 4 is 22.4 Å². The summed E-state index contributed by atoms with van der Waals surface area (Å²) in [5.74, 6) is 0.954. The molecule has 0 aliphatic heterocycles. The summed E-state index contributed by atoms with van der Waals surface area (Å²) in [6.07, 6.45) is 0. The molecule has 0 unspecified atom stereocenters. The van der Waals surface area contributed by atoms with Crippen molar-refractivity contribution in [1.82, 2.24) is 9.78 Å². The van der Waals surface area contributed by atoms with E-state index in [1.165, 1.54) is 0 Å². The predicted molar refractivity (Wildman–Crippen MR) is 59.5 cm³/mol. The Bertz CT molecular complexity index is 470. The number of hydrogen-bond donors (Lipinski definition) is 1. The number of benzene rings is 1. The van der Waals surface area contributed by atoms with Crippen molar-refractivity contribution in [2.24, 2.45) is 7.05 Å². The number of aromatic nitrogens is 2. The average molecular weight is 190 g/mol. The number of nitrogens with two attached hydrogens (primary N) is 1. The molecule has 0 fully saturated rings. The maximum absolute atomic E-state index is 5.75. The van der Waals surface area contributed by atoms with Crippen molar-refractivity contribution in [2.45, 2.75) is 0 Å². The Morgan fingerprint density at radius 3 is 2.71 bits per heavy atom. The quantitative estimate of drug-likeness (QED) is 0.688. The molecule has 2 rings (SSSR count). The smallest absolute Gasteiger partial charge is 0.158 e. The van der Waals surface area contributed by atoms with E-state index in [1.807, 2.05) is 48.9 Å². The first-order valence-corrected chi connectivity index (χ1v) is 4.49. The van der Waals surface area contributed by atoms with Gasteiger partial charge in [-0.15, -0.1) is 0 Å². The van der Waals surface area contributed by atoms with Gasteiger partial charge in [-0.2, -0.15) is 5.10 Å². The molecule has 74 valence electrons. The van der Waals surface area contributed by atoms with Gasteiger partial charge < -0.3 is 10.6 Å². The standard InChI is InChI=1S/C10H14N4/c1-13(2)10-8-6-7(11)4-5-9(8)14(3)12-10/h4-6H,11H2,1-3H3. The summed E-state index contributed by atoms with van der Waals surface area (Å²) in [6, 6.07) is 5.84. The molecule has 0 bridgehead atoms. The summed E-state index contributed by atoms with van der Waals surface area (Å²) in [5.41, 5.74) is 7.62. The number of nitrogens with zero attached hydrogens (tertiary/aromatic N) is 3. The summed E-state index contributed by atoms with van der Waals surface area (Å²) in [6.45, 7) is 0. The van der Waals surface area contributed by atoms with Crippen LogP contribution in [0, 0.1) is 0 Å². The largest absolute Gasteiger partial charge is 0.399 e. The van der Waals surface area contributed by atoms with Gasteiger partial charge in [0.15, 0.2) is 5.82 Å². The highest BCUT2D eigenvalue weighted by atomic mass is 15.3. The van der Waals surface area contributed by atoms with Crippen LogP contribution in [-0.2, 0) is 7.05 Å². The summed E-state index contributed by atoms with van der Waals surface area (Å²) in [7, 11) is 5.89. The van der Waals surface area contributed by atoms with E-state index in [4.69, 9.17) is 5.73 Å². The van der Waals surface area contributed by atoms with E-state index in [1.54, 1.807) is 0 Å². The van der Waals surface area contributed by atoms with E-state index in [0.29, 0.717) is 0 Å². The number of fused-ring (bicyclic) bond motifs is 1. The Labute approximate surface area is 82.9 Å². The summed E-state index contributed by atoms with van der Waals surface area (Å²) in [5, 5.41) is 5.51. The van der Waals surface area contributed by atoms with Gasteiger partial charge in [0.2, 0.25) is 0 Å². The zero-order valence-corrected chi connectivity index (χ0v) is 8.65. The predicted octanol–water partition coefficient (Wildman–Crippen LogP) is 1.22. The Balaban J connectivity index is 2.79. The lowest BCUT2D eigenvalue weighted by Gasteiger charge is -2.07. The first-order chi connectivity index (χ1) is 6.59. The minimum absolute atomic E-state index is 0.772. The molecular weight excluding hydrogens is 176 g/mol. The van der Waals surface area contributed by atoms with Gasteiger partial charge in [0, 0.05) is 32.2 Å². The second-order valence-corrected chi connectivity index (χ2v) is 3.62. The highest BCUT2D eigenvalue weighted by Crippen LogP contribution is 2.25. The summed E-state index contributed by atoms with van der Waals surface area (Å²) >= 11 is 0. The number of nitrogen functional groups attached to an aromatic ring is 1. The molecule has 0 aliphatic rings. The Hall–Kier alpha value is -1.71. The van der Waals surface area contributed by atoms with Crippen molar-refractivity contribution in [3.8, 4) is 0 Å². The third kappa shape index (κ3) is 1.19. The van der Waals surface area contributed by atoms with Crippen molar-refractivity contribution in [3.05, 3.63) is 18.2 Å². The Morgan fingerprint density at radius 1 is 1.36 bits per heavy atom. The molecule has 0 amide bonds. The van der Waals surface area contributed by atoms with Crippen molar-refractivity contribution in [3.63, 3.8) is 0 Å². The van der Waals surface area contributed by atoms with Crippen LogP contribution in [0.2, 0.25) is 0 Å². The minimum atomic E-state index is 0.772. The van der Waals surface area contributed by atoms with Gasteiger partial charge in [-0.05, 0) is 18.2 Å². The van der Waals surface area contributed by atoms with Crippen molar-refractivity contribution in [2.75, 3.05) is 24.7 Å². The topological polar surface area (TPSA) is 47.1 Å². The Morgan fingerprint density at radius 2 is 2.07 bits per heavy atom. The molecular formula is C10H14N4. The number of hydrogen-bond acceptors (Lipinski definition) is 3. The normalized spacial score (nSPS) is 10.8. The van der Waals surface area contributed by atoms with Crippen LogP contribution in [0.1, 0.15) is 0 Å². The third-order valence-electron chi connectivity index (χ3n) is 2.28. The lowest BCUT2D eigenvalue weighted by molar-refractivity contribution is 0.789. The third-order valence-corrected chi connectivity index (χ3v) is 2.28. The zero-order chi connectivity index (χ0) is 10.3. The molecule has 2 N–H and O–H groups in total. The molecule has 4 heteroatoms. The fourth-order valence-electron chi connectivity index (χ4n) is 1.60. The molecule has 14 heavy (non-hydrogen) atoms. The van der Waals surface area contributed by atoms with Gasteiger partial charge >= 0.3 is 0 Å². The fourth-order valence-corrected chi connectivity index (χ4v) is 1.60. The molecule has 0 aliphatic carbocycles. The average Bonchev–Trinajstić information content (AvgIpc) is 2.43. The molecule has 0 saturated carbocycles. The SMILES string of the molecule is CN(C)c1nn(C)c2ccc(N)cc12. The minimum Gasteiger partial charge on any atom is -0.399 e. The van der Waals surface area contributed by atoms with E-state index in [2.05, 4.69) is 5.10 Å². The molecule has 1 heterocycles. The molecule has 1 aromatic heterocycles. The van der Waals surface area contributed by atoms with Gasteiger partial charge in [0.1, 0.15) is 0 Å². The van der Waals surface area contributed by atoms with Crippen LogP contribution >= 0.6 is 0 Å². The molecule has 4 nitrogen and oxygen atoms in total. The second kappa shape index (κ2) is 2.90. The van der Waals surface area contributed by atoms with Gasteiger partial charge in [-0.1, -0.05) is 0 Å². The van der Waals surface area contributed by atoms with Crippen LogP contribution in [0.25, 0.3) is 10.9 Å². The molecule has 0 atom stereocenters. The first-order valence-electron chi connectivity index (χ1n) is 4.49. The maximum atomic E-state index is 5.75. The monoisotopic (exact) mass is 190 g/mol. The van der Waals surface area contributed by atoms with E-state index in [-0.39, 0.29) is 0 Å². The van der Waals surface area contributed by atoms with Gasteiger partial charge in [0.25, 0.3) is 0 Å². The fraction of sp³-hybridized carbons (Fsp3) is 0.300. The lowest BCUT2D eigenvalue weighted by atomic mass is 10.2. The first kappa shape index (κ1) is 8.87. The van der Waals surface area contributed by atoms with Crippen LogP contribution in [0.5, 0.6) is 0 Å². The highest BCUT2D eigenvalue weighted by Gasteiger charge is 2.09. The molecule has 0 radical (unpaired) electrons. The van der Waals surface area contributed by atoms with Crippen LogP contribution in [0.3, 0.4) is 0 Å². The van der Waals surface area contributed by atoms with Gasteiger partial charge in [-0.25, -0.2) is 0 Å². The van der Waals surface area contributed by atoms with Crippen LogP contribution in [-0.4, -0.2) is 23.9 Å². The zero-order valence-electron chi connectivity index (χ0n) is 8.65. The number of aryl methyl sites for hydroxylation is 1. The van der Waals surface area contributed by atoms with E-state index >= 15 is 0 Å². The molecule has 0 saturated heterocycles. The second-order valence-electron chi connectivity index (χ2n) is 3.62. The van der Waals surface area contributed by atoms with Crippen LogP contribution < -0.4 is 10.6 Å². The van der Waals surface area contributed by atoms with Crippen molar-refractivity contribution < 1.29 is 0 Å². The van der Waals surface area contributed by atoms with Crippen LogP contribution in [0.15, 0.2) is 18.2 Å². The van der Waals surface area contributed by atoms with E-state index < -0.39 is 0 Å². The number of rotatable bonds is 1. The van der Waals surface area contributed by atoms with Gasteiger partial charge in [0.05, 0.1) is 5.52 Å². The Kier molecular flexibility index (Phi) is 1.84. The number of anilines is 2. The molecule has 0 spiro atoms. The molecule has 2 aromatic rings. The highest BCUT2D eigenvalue weighted by molar-refractivity contribution is 5.92. The summed E-state index contributed by atoms with van der Waals surface area (Å²) < 4.78 is 1.87. The summed E-state index contributed by atoms with van der Waals surface area (Å²) in [4.78, 5) is 1.99. The van der Waals surface area contributed by atoms with E-state index in [9.17, 15) is 0 Å². The lowest BCUT2D eigenvalue weighted by Crippen LogP contribution is -2.09. The molecule has 1 aromatic carbocycles.